The van der Waals surface area contributed by atoms with Crippen LogP contribution in [-0.2, 0) is 11.0 Å². The summed E-state index contributed by atoms with van der Waals surface area (Å²) in [6, 6.07) is 8.20. The molecule has 1 saturated heterocycles. The van der Waals surface area contributed by atoms with Crippen molar-refractivity contribution in [3.8, 4) is 0 Å². The van der Waals surface area contributed by atoms with Crippen LogP contribution in [0.3, 0.4) is 0 Å². The number of nitrogens with two attached hydrogens (primary N) is 1. The van der Waals surface area contributed by atoms with Crippen molar-refractivity contribution >= 4 is 13.2 Å². The van der Waals surface area contributed by atoms with Crippen molar-refractivity contribution in [1.29, 1.82) is 0 Å². The fourth-order valence-corrected chi connectivity index (χ4v) is 2.27. The number of benzene rings is 1. The molecular formula is C14H20BN2O2. The van der Waals surface area contributed by atoms with Crippen molar-refractivity contribution in [1.82, 2.24) is 4.90 Å². The molecule has 3 N–H and O–H groups in total. The molecular weight excluding hydrogens is 239 g/mol. The molecule has 0 spiro atoms. The topological polar surface area (TPSA) is 58.7 Å². The van der Waals surface area contributed by atoms with Gasteiger partial charge in [0.25, 0.3) is 7.48 Å². The van der Waals surface area contributed by atoms with Gasteiger partial charge < -0.3 is 20.4 Å². The molecule has 1 radical (unpaired) electrons. The summed E-state index contributed by atoms with van der Waals surface area (Å²) >= 11 is 0. The number of β-amino-alcohol motifs (C(OH)–C–C–N with tert-alkyl or cyclic N) is 1. The van der Waals surface area contributed by atoms with E-state index in [0.29, 0.717) is 6.54 Å². The average molecular weight is 259 g/mol. The Morgan fingerprint density at radius 2 is 2.42 bits per heavy atom. The first-order valence-corrected chi connectivity index (χ1v) is 6.55. The first-order valence-electron chi connectivity index (χ1n) is 6.55. The second-order valence-electron chi connectivity index (χ2n) is 4.74. The number of hydrogen-bond donors (Lipinski definition) is 2. The summed E-state index contributed by atoms with van der Waals surface area (Å²) in [5.41, 5.74) is 8.49. The fourth-order valence-electron chi connectivity index (χ4n) is 2.27. The normalized spacial score (nSPS) is 18.6. The predicted molar refractivity (Wildman–Crippen MR) is 77.3 cm³/mol. The molecule has 5 heteroatoms. The van der Waals surface area contributed by atoms with E-state index in [-0.39, 0.29) is 12.8 Å². The van der Waals surface area contributed by atoms with E-state index in [0.717, 1.165) is 36.1 Å². The molecule has 0 aromatic heterocycles. The van der Waals surface area contributed by atoms with E-state index in [2.05, 4.69) is 17.5 Å². The summed E-state index contributed by atoms with van der Waals surface area (Å²) in [6.45, 7) is 5.88. The Morgan fingerprint density at radius 3 is 3.11 bits per heavy atom. The van der Waals surface area contributed by atoms with E-state index in [9.17, 15) is 5.11 Å². The van der Waals surface area contributed by atoms with Crippen molar-refractivity contribution < 1.29 is 9.76 Å². The summed E-state index contributed by atoms with van der Waals surface area (Å²) in [7, 11) is 1.71. The second-order valence-corrected chi connectivity index (χ2v) is 4.74. The molecule has 1 fully saturated rings. The standard InChI is InChI=1S/C14H20BN2O2/c1-11(17-6-5-14(18)9-17)13-4-2-3-12(7-13)8-15-19-10-16/h2-4,7,14,18H,1,5-6,8-10,16H2/t14-/m1/s1. The molecule has 0 unspecified atom stereocenters. The van der Waals surface area contributed by atoms with Gasteiger partial charge in [0.05, 0.1) is 12.8 Å². The van der Waals surface area contributed by atoms with Crippen LogP contribution in [0, 0.1) is 0 Å². The van der Waals surface area contributed by atoms with Gasteiger partial charge in [-0.1, -0.05) is 36.4 Å². The van der Waals surface area contributed by atoms with E-state index in [1.54, 1.807) is 7.48 Å². The molecule has 1 heterocycles. The molecule has 0 bridgehead atoms. The maximum atomic E-state index is 9.58. The van der Waals surface area contributed by atoms with E-state index in [1.165, 1.54) is 0 Å². The summed E-state index contributed by atoms with van der Waals surface area (Å²) in [4.78, 5) is 2.13. The van der Waals surface area contributed by atoms with Crippen LogP contribution in [0.5, 0.6) is 0 Å². The van der Waals surface area contributed by atoms with Crippen molar-refractivity contribution in [2.75, 3.05) is 19.8 Å². The third kappa shape index (κ3) is 3.83. The molecule has 1 aliphatic rings. The summed E-state index contributed by atoms with van der Waals surface area (Å²) in [5, 5.41) is 9.58. The highest BCUT2D eigenvalue weighted by atomic mass is 16.4. The summed E-state index contributed by atoms with van der Waals surface area (Å²) < 4.78 is 5.04. The van der Waals surface area contributed by atoms with Crippen LogP contribution in [-0.4, -0.2) is 43.4 Å². The molecule has 101 valence electrons. The van der Waals surface area contributed by atoms with Gasteiger partial charge in [0.2, 0.25) is 0 Å². The number of rotatable bonds is 6. The van der Waals surface area contributed by atoms with Crippen LogP contribution in [0.25, 0.3) is 5.70 Å². The third-order valence-corrected chi connectivity index (χ3v) is 3.34. The predicted octanol–water partition coefficient (Wildman–Crippen LogP) is 0.776. The largest absolute Gasteiger partial charge is 0.428 e. The Hall–Kier alpha value is -1.30. The molecule has 0 amide bonds. The molecule has 0 saturated carbocycles. The zero-order valence-electron chi connectivity index (χ0n) is 11.1. The quantitative estimate of drug-likeness (QED) is 0.450. The molecule has 19 heavy (non-hydrogen) atoms. The molecule has 1 atom stereocenters. The molecule has 4 nitrogen and oxygen atoms in total. The van der Waals surface area contributed by atoms with Crippen LogP contribution in [0.15, 0.2) is 30.8 Å². The van der Waals surface area contributed by atoms with Gasteiger partial charge in [0, 0.05) is 18.8 Å². The number of aliphatic hydroxyl groups is 1. The molecule has 2 rings (SSSR count). The zero-order chi connectivity index (χ0) is 13.7. The average Bonchev–Trinajstić information content (AvgIpc) is 2.85. The van der Waals surface area contributed by atoms with Gasteiger partial charge in [-0.15, -0.1) is 0 Å². The zero-order valence-corrected chi connectivity index (χ0v) is 11.1. The first kappa shape index (κ1) is 14.1. The van der Waals surface area contributed by atoms with E-state index in [1.807, 2.05) is 18.2 Å². The van der Waals surface area contributed by atoms with Gasteiger partial charge in [-0.2, -0.15) is 0 Å². The van der Waals surface area contributed by atoms with Crippen LogP contribution < -0.4 is 5.73 Å². The van der Waals surface area contributed by atoms with Gasteiger partial charge in [-0.3, -0.25) is 0 Å². The highest BCUT2D eigenvalue weighted by Crippen LogP contribution is 2.23. The van der Waals surface area contributed by atoms with Gasteiger partial charge in [-0.25, -0.2) is 0 Å². The monoisotopic (exact) mass is 259 g/mol. The lowest BCUT2D eigenvalue weighted by Crippen LogP contribution is -2.20. The van der Waals surface area contributed by atoms with Crippen LogP contribution in [0.4, 0.5) is 0 Å². The minimum absolute atomic E-state index is 0.206. The molecule has 1 aromatic carbocycles. The maximum absolute atomic E-state index is 9.58. The van der Waals surface area contributed by atoms with E-state index < -0.39 is 0 Å². The first-order chi connectivity index (χ1) is 9.20. The van der Waals surface area contributed by atoms with Crippen molar-refractivity contribution in [2.24, 2.45) is 5.73 Å². The van der Waals surface area contributed by atoms with Crippen LogP contribution in [0.1, 0.15) is 17.5 Å². The SMILES string of the molecule is C=C(c1cccc(C[B]OCN)c1)N1CC[C@@H](O)C1. The van der Waals surface area contributed by atoms with Crippen molar-refractivity contribution in [3.05, 3.63) is 42.0 Å². The molecule has 1 aliphatic heterocycles. The highest BCUT2D eigenvalue weighted by molar-refractivity contribution is 6.26. The Balaban J connectivity index is 1.99. The van der Waals surface area contributed by atoms with Gasteiger partial charge in [0.15, 0.2) is 0 Å². The lowest BCUT2D eigenvalue weighted by Gasteiger charge is -2.21. The van der Waals surface area contributed by atoms with Crippen molar-refractivity contribution in [2.45, 2.75) is 18.8 Å². The summed E-state index contributed by atoms with van der Waals surface area (Å²) in [5.74, 6) is 0. The lowest BCUT2D eigenvalue weighted by atomic mass is 9.88. The molecule has 1 aromatic rings. The number of aliphatic hydroxyl groups excluding tert-OH is 1. The Bertz CT molecular complexity index is 439. The van der Waals surface area contributed by atoms with Crippen LogP contribution >= 0.6 is 0 Å². The third-order valence-electron chi connectivity index (χ3n) is 3.34. The minimum atomic E-state index is -0.230. The van der Waals surface area contributed by atoms with E-state index >= 15 is 0 Å². The highest BCUT2D eigenvalue weighted by Gasteiger charge is 2.21. The molecule has 0 aliphatic carbocycles. The van der Waals surface area contributed by atoms with Crippen LogP contribution in [0.2, 0.25) is 0 Å². The van der Waals surface area contributed by atoms with E-state index in [4.69, 9.17) is 10.4 Å². The number of likely N-dealkylation sites (tertiary alicyclic amines) is 1. The lowest BCUT2D eigenvalue weighted by molar-refractivity contribution is 0.187. The number of nitrogens with zero attached hydrogens (tertiary/aromatic N) is 1. The van der Waals surface area contributed by atoms with Gasteiger partial charge >= 0.3 is 0 Å². The maximum Gasteiger partial charge on any atom is 0.298 e. The smallest absolute Gasteiger partial charge is 0.298 e. The van der Waals surface area contributed by atoms with Gasteiger partial charge in [0.1, 0.15) is 0 Å². The number of hydrogen-bond acceptors (Lipinski definition) is 4. The van der Waals surface area contributed by atoms with Crippen molar-refractivity contribution in [3.63, 3.8) is 0 Å². The minimum Gasteiger partial charge on any atom is -0.428 e. The Morgan fingerprint density at radius 1 is 1.58 bits per heavy atom. The van der Waals surface area contributed by atoms with Gasteiger partial charge in [-0.05, 0) is 18.3 Å². The fraction of sp³-hybridized carbons (Fsp3) is 0.429. The Labute approximate surface area is 115 Å². The second kappa shape index (κ2) is 6.75. The Kier molecular flexibility index (Phi) is 5.02. The summed E-state index contributed by atoms with van der Waals surface area (Å²) in [6.07, 6.45) is 1.31.